The number of hydrogen-bond acceptors (Lipinski definition) is 7. The van der Waals surface area contributed by atoms with Gasteiger partial charge >= 0.3 is 5.97 Å². The Morgan fingerprint density at radius 3 is 2.82 bits per heavy atom. The molecule has 8 nitrogen and oxygen atoms in total. The average molecular weight is 623 g/mol. The molecule has 0 fully saturated rings. The van der Waals surface area contributed by atoms with Crippen LogP contribution in [0.15, 0.2) is 59.9 Å². The van der Waals surface area contributed by atoms with E-state index in [0.717, 1.165) is 11.1 Å². The van der Waals surface area contributed by atoms with Crippen LogP contribution in [0.4, 0.5) is 13.2 Å². The SMILES string of the molecule is CCOC(=O)CCc1cccc2c1OCC[C@]2(C)n1cnc(-c2cc(Oc3c(F)c(F)c4[nH]ccc4c3SC)ccc2F)n1. The van der Waals surface area contributed by atoms with E-state index in [1.54, 1.807) is 23.9 Å². The van der Waals surface area contributed by atoms with Gasteiger partial charge in [-0.3, -0.25) is 4.79 Å². The molecule has 0 saturated carbocycles. The minimum absolute atomic E-state index is 0.0367. The summed E-state index contributed by atoms with van der Waals surface area (Å²) >= 11 is 1.21. The van der Waals surface area contributed by atoms with Gasteiger partial charge in [0, 0.05) is 30.0 Å². The zero-order chi connectivity index (χ0) is 31.0. The number of benzene rings is 3. The van der Waals surface area contributed by atoms with Crippen LogP contribution in [0.3, 0.4) is 0 Å². The van der Waals surface area contributed by atoms with E-state index in [1.807, 2.05) is 25.1 Å². The molecule has 3 heterocycles. The Kier molecular flexibility index (Phi) is 8.02. The van der Waals surface area contributed by atoms with Crippen molar-refractivity contribution in [3.63, 3.8) is 0 Å². The van der Waals surface area contributed by atoms with E-state index in [9.17, 15) is 9.18 Å². The lowest BCUT2D eigenvalue weighted by Gasteiger charge is -2.36. The van der Waals surface area contributed by atoms with E-state index in [1.165, 1.54) is 42.5 Å². The number of H-pyrrole nitrogens is 1. The first-order chi connectivity index (χ1) is 21.2. The maximum atomic E-state index is 15.1. The molecule has 0 unspecified atom stereocenters. The average Bonchev–Trinajstić information content (AvgIpc) is 3.72. The molecule has 1 atom stereocenters. The topological polar surface area (TPSA) is 91.3 Å². The molecular formula is C32H29F3N4O4S. The Morgan fingerprint density at radius 1 is 1.18 bits per heavy atom. The summed E-state index contributed by atoms with van der Waals surface area (Å²) in [5.74, 6) is -2.51. The molecule has 1 aliphatic rings. The highest BCUT2D eigenvalue weighted by molar-refractivity contribution is 7.99. The molecule has 44 heavy (non-hydrogen) atoms. The molecule has 0 radical (unpaired) electrons. The number of ether oxygens (including phenoxy) is 3. The predicted octanol–water partition coefficient (Wildman–Crippen LogP) is 7.40. The number of nitrogens with one attached hydrogen (secondary N) is 1. The normalized spacial score (nSPS) is 16.0. The highest BCUT2D eigenvalue weighted by Gasteiger charge is 2.37. The molecule has 0 bridgehead atoms. The fraction of sp³-hybridized carbons (Fsp3) is 0.281. The number of aryl methyl sites for hydroxylation is 1. The highest BCUT2D eigenvalue weighted by Crippen LogP contribution is 2.43. The highest BCUT2D eigenvalue weighted by atomic mass is 32.2. The zero-order valence-electron chi connectivity index (χ0n) is 24.2. The summed E-state index contributed by atoms with van der Waals surface area (Å²) in [5, 5.41) is 5.12. The molecule has 6 rings (SSSR count). The Labute approximate surface area is 255 Å². The van der Waals surface area contributed by atoms with Crippen molar-refractivity contribution in [2.75, 3.05) is 19.5 Å². The van der Waals surface area contributed by atoms with Crippen molar-refractivity contribution in [2.45, 2.75) is 43.5 Å². The minimum Gasteiger partial charge on any atom is -0.493 e. The smallest absolute Gasteiger partial charge is 0.306 e. The van der Waals surface area contributed by atoms with Crippen molar-refractivity contribution in [2.24, 2.45) is 0 Å². The van der Waals surface area contributed by atoms with E-state index in [4.69, 9.17) is 14.2 Å². The molecule has 12 heteroatoms. The van der Waals surface area contributed by atoms with Crippen LogP contribution in [0.5, 0.6) is 17.2 Å². The van der Waals surface area contributed by atoms with Crippen LogP contribution in [-0.4, -0.2) is 45.2 Å². The Bertz CT molecular complexity index is 1870. The number of nitrogens with zero attached hydrogens (tertiary/aromatic N) is 3. The van der Waals surface area contributed by atoms with Gasteiger partial charge in [-0.25, -0.2) is 18.4 Å². The maximum absolute atomic E-state index is 15.1. The van der Waals surface area contributed by atoms with Crippen molar-refractivity contribution in [1.29, 1.82) is 0 Å². The molecule has 5 aromatic rings. The number of carbonyl (C=O) groups is 1. The number of aromatic nitrogens is 4. The van der Waals surface area contributed by atoms with Crippen molar-refractivity contribution in [3.05, 3.63) is 83.6 Å². The van der Waals surface area contributed by atoms with E-state index < -0.39 is 23.0 Å². The molecule has 1 N–H and O–H groups in total. The number of halogens is 3. The summed E-state index contributed by atoms with van der Waals surface area (Å²) in [4.78, 5) is 19.5. The summed E-state index contributed by atoms with van der Waals surface area (Å²) in [6.07, 6.45) is 6.04. The van der Waals surface area contributed by atoms with Gasteiger partial charge in [-0.1, -0.05) is 18.2 Å². The first-order valence-electron chi connectivity index (χ1n) is 14.1. The number of carbonyl (C=O) groups excluding carboxylic acids is 1. The van der Waals surface area contributed by atoms with Gasteiger partial charge in [-0.05, 0) is 56.4 Å². The van der Waals surface area contributed by atoms with E-state index in [0.29, 0.717) is 42.1 Å². The van der Waals surface area contributed by atoms with Crippen molar-refractivity contribution >= 4 is 28.6 Å². The van der Waals surface area contributed by atoms with Gasteiger partial charge in [0.15, 0.2) is 17.4 Å². The first-order valence-corrected chi connectivity index (χ1v) is 15.3. The third-order valence-corrected chi connectivity index (χ3v) is 8.64. The van der Waals surface area contributed by atoms with Crippen LogP contribution in [0.2, 0.25) is 0 Å². The molecule has 0 saturated heterocycles. The van der Waals surface area contributed by atoms with E-state index in [-0.39, 0.29) is 40.8 Å². The van der Waals surface area contributed by atoms with Crippen LogP contribution >= 0.6 is 11.8 Å². The summed E-state index contributed by atoms with van der Waals surface area (Å²) in [6.45, 7) is 4.49. The lowest BCUT2D eigenvalue weighted by molar-refractivity contribution is -0.143. The molecule has 228 valence electrons. The fourth-order valence-corrected chi connectivity index (χ4v) is 6.22. The zero-order valence-corrected chi connectivity index (χ0v) is 25.1. The second kappa shape index (κ2) is 11.9. The van der Waals surface area contributed by atoms with Crippen LogP contribution in [0.1, 0.15) is 37.8 Å². The third kappa shape index (κ3) is 5.17. The third-order valence-electron chi connectivity index (χ3n) is 7.83. The Morgan fingerprint density at radius 2 is 2.02 bits per heavy atom. The number of thioether (sulfide) groups is 1. The second-order valence-electron chi connectivity index (χ2n) is 10.5. The lowest BCUT2D eigenvalue weighted by Crippen LogP contribution is -2.37. The second-order valence-corrected chi connectivity index (χ2v) is 11.3. The van der Waals surface area contributed by atoms with Crippen molar-refractivity contribution in [1.82, 2.24) is 19.7 Å². The first kappa shape index (κ1) is 29.6. The monoisotopic (exact) mass is 622 g/mol. The number of para-hydroxylation sites is 1. The van der Waals surface area contributed by atoms with Crippen LogP contribution in [0.25, 0.3) is 22.3 Å². The van der Waals surface area contributed by atoms with Gasteiger partial charge in [0.25, 0.3) is 0 Å². The van der Waals surface area contributed by atoms with Gasteiger partial charge in [-0.15, -0.1) is 16.9 Å². The Hall–Kier alpha value is -4.45. The fourth-order valence-electron chi connectivity index (χ4n) is 5.52. The molecule has 0 amide bonds. The minimum atomic E-state index is -1.15. The van der Waals surface area contributed by atoms with Crippen LogP contribution < -0.4 is 9.47 Å². The number of fused-ring (bicyclic) bond motifs is 2. The summed E-state index contributed by atoms with van der Waals surface area (Å²) < 4.78 is 63.7. The molecule has 3 aromatic carbocycles. The molecule has 0 aliphatic carbocycles. The van der Waals surface area contributed by atoms with Crippen molar-refractivity contribution in [3.8, 4) is 28.6 Å². The van der Waals surface area contributed by atoms with Gasteiger partial charge in [0.2, 0.25) is 5.82 Å². The quantitative estimate of drug-likeness (QED) is 0.135. The summed E-state index contributed by atoms with van der Waals surface area (Å²) in [6, 6.07) is 11.3. The molecule has 0 spiro atoms. The van der Waals surface area contributed by atoms with Crippen LogP contribution in [-0.2, 0) is 21.5 Å². The summed E-state index contributed by atoms with van der Waals surface area (Å²) in [7, 11) is 0. The lowest BCUT2D eigenvalue weighted by atomic mass is 9.84. The van der Waals surface area contributed by atoms with Gasteiger partial charge in [0.1, 0.15) is 23.6 Å². The van der Waals surface area contributed by atoms with Gasteiger partial charge in [0.05, 0.1) is 34.7 Å². The van der Waals surface area contributed by atoms with E-state index >= 15 is 8.78 Å². The standard InChI is InChI=1S/C32H29F3N4O4S/c1-4-41-24(40)11-8-18-6-5-7-22-28(18)42-15-13-32(22,2)39-17-37-31(38-39)21-16-19(9-10-23(21)33)43-29-26(35)25(34)27-20(12-14-36-27)30(29)44-3/h5-7,9-10,12,14,16-17,36H,4,8,11,13,15H2,1-3H3/t32-/m0/s1. The van der Waals surface area contributed by atoms with Gasteiger partial charge < -0.3 is 19.2 Å². The molecule has 1 aliphatic heterocycles. The van der Waals surface area contributed by atoms with Crippen molar-refractivity contribution < 1.29 is 32.2 Å². The molecule has 2 aromatic heterocycles. The summed E-state index contributed by atoms with van der Waals surface area (Å²) in [5.41, 5.74) is 1.14. The van der Waals surface area contributed by atoms with Gasteiger partial charge in [-0.2, -0.15) is 4.39 Å². The largest absolute Gasteiger partial charge is 0.493 e. The molecular weight excluding hydrogens is 593 g/mol. The Balaban J connectivity index is 1.32. The number of rotatable bonds is 9. The number of esters is 1. The van der Waals surface area contributed by atoms with Crippen LogP contribution in [0, 0.1) is 17.5 Å². The number of hydrogen-bond donors (Lipinski definition) is 1. The predicted molar refractivity (Wildman–Crippen MR) is 160 cm³/mol. The maximum Gasteiger partial charge on any atom is 0.306 e. The number of aromatic amines is 1. The van der Waals surface area contributed by atoms with E-state index in [2.05, 4.69) is 15.1 Å².